The van der Waals surface area contributed by atoms with Gasteiger partial charge >= 0.3 is 0 Å². The average molecular weight is 400 g/mol. The molecule has 6 nitrogen and oxygen atoms in total. The Hall–Kier alpha value is -3.41. The number of nitrogens with zero attached hydrogens (tertiary/aromatic N) is 2. The number of aryl methyl sites for hydroxylation is 2. The predicted molar refractivity (Wildman–Crippen MR) is 114 cm³/mol. The van der Waals surface area contributed by atoms with Crippen LogP contribution in [0.25, 0.3) is 10.9 Å². The van der Waals surface area contributed by atoms with Crippen molar-refractivity contribution in [3.63, 3.8) is 0 Å². The van der Waals surface area contributed by atoms with Crippen molar-refractivity contribution in [3.8, 4) is 0 Å². The van der Waals surface area contributed by atoms with E-state index in [4.69, 9.17) is 4.42 Å². The van der Waals surface area contributed by atoms with E-state index in [0.717, 1.165) is 35.7 Å². The summed E-state index contributed by atoms with van der Waals surface area (Å²) in [7, 11) is 0. The smallest absolute Gasteiger partial charge is 0.221 e. The van der Waals surface area contributed by atoms with Crippen LogP contribution in [0.1, 0.15) is 53.8 Å². The molecule has 0 spiro atoms. The lowest BCUT2D eigenvalue weighted by atomic mass is 9.87. The van der Waals surface area contributed by atoms with Crippen LogP contribution < -0.4 is 5.32 Å². The Morgan fingerprint density at radius 2 is 1.93 bits per heavy atom. The molecule has 5 rings (SSSR count). The summed E-state index contributed by atoms with van der Waals surface area (Å²) in [4.78, 5) is 15.8. The van der Waals surface area contributed by atoms with Crippen molar-refractivity contribution in [3.05, 3.63) is 83.2 Å². The van der Waals surface area contributed by atoms with Crippen LogP contribution in [0.4, 0.5) is 0 Å². The molecule has 0 saturated heterocycles. The zero-order valence-corrected chi connectivity index (χ0v) is 16.7. The number of benzene rings is 2. The number of fused-ring (bicyclic) bond motifs is 2. The Morgan fingerprint density at radius 3 is 2.90 bits per heavy atom. The predicted octanol–water partition coefficient (Wildman–Crippen LogP) is 4.27. The number of amides is 1. The molecule has 0 saturated carbocycles. The van der Waals surface area contributed by atoms with Crippen LogP contribution in [0, 0.1) is 0 Å². The van der Waals surface area contributed by atoms with Gasteiger partial charge in [-0.1, -0.05) is 42.5 Å². The summed E-state index contributed by atoms with van der Waals surface area (Å²) in [6.45, 7) is 0. The van der Waals surface area contributed by atoms with Crippen LogP contribution in [-0.4, -0.2) is 21.1 Å². The molecular formula is C24H24N4O2. The molecule has 0 aliphatic heterocycles. The summed E-state index contributed by atoms with van der Waals surface area (Å²) < 4.78 is 5.79. The molecular weight excluding hydrogens is 376 g/mol. The van der Waals surface area contributed by atoms with Crippen molar-refractivity contribution in [1.82, 2.24) is 20.5 Å². The lowest BCUT2D eigenvalue weighted by Gasteiger charge is -2.26. The first-order valence-corrected chi connectivity index (χ1v) is 10.5. The Bertz CT molecular complexity index is 1180. The highest BCUT2D eigenvalue weighted by molar-refractivity contribution is 5.83. The summed E-state index contributed by atoms with van der Waals surface area (Å²) in [6, 6.07) is 16.6. The number of carbonyl (C=O) groups excluding carboxylic acids is 1. The molecule has 152 valence electrons. The largest absolute Gasteiger partial charge is 0.425 e. The summed E-state index contributed by atoms with van der Waals surface area (Å²) in [6.07, 6.45) is 6.51. The van der Waals surface area contributed by atoms with Crippen LogP contribution in [-0.2, 0) is 24.1 Å². The van der Waals surface area contributed by atoms with Gasteiger partial charge in [-0.2, -0.15) is 0 Å². The summed E-state index contributed by atoms with van der Waals surface area (Å²) in [5.41, 5.74) is 4.80. The quantitative estimate of drug-likeness (QED) is 0.506. The number of aromatic amines is 1. The van der Waals surface area contributed by atoms with Gasteiger partial charge in [0.05, 0.1) is 12.5 Å². The highest BCUT2D eigenvalue weighted by Crippen LogP contribution is 2.29. The highest BCUT2D eigenvalue weighted by Gasteiger charge is 2.21. The SMILES string of the molecule is O=C(CCc1nnc(Cc2c[nH]c3ccccc23)o1)N[C@@H]1CCCc2ccccc21. The fraction of sp³-hybridized carbons (Fsp3) is 0.292. The Kier molecular flexibility index (Phi) is 5.05. The Labute approximate surface area is 174 Å². The molecule has 1 aliphatic carbocycles. The molecule has 2 aromatic heterocycles. The Balaban J connectivity index is 1.18. The normalized spacial score (nSPS) is 15.8. The number of nitrogens with one attached hydrogen (secondary N) is 2. The second-order valence-corrected chi connectivity index (χ2v) is 7.84. The third-order valence-corrected chi connectivity index (χ3v) is 5.80. The zero-order chi connectivity index (χ0) is 20.3. The second-order valence-electron chi connectivity index (χ2n) is 7.84. The molecule has 2 N–H and O–H groups in total. The van der Waals surface area contributed by atoms with E-state index >= 15 is 0 Å². The fourth-order valence-electron chi connectivity index (χ4n) is 4.29. The fourth-order valence-corrected chi connectivity index (χ4v) is 4.29. The van der Waals surface area contributed by atoms with Crippen molar-refractivity contribution >= 4 is 16.8 Å². The van der Waals surface area contributed by atoms with E-state index in [9.17, 15) is 4.79 Å². The van der Waals surface area contributed by atoms with Crippen LogP contribution in [0.15, 0.2) is 59.1 Å². The molecule has 30 heavy (non-hydrogen) atoms. The molecule has 1 aliphatic rings. The van der Waals surface area contributed by atoms with Crippen molar-refractivity contribution < 1.29 is 9.21 Å². The van der Waals surface area contributed by atoms with Gasteiger partial charge in [0.2, 0.25) is 17.7 Å². The van der Waals surface area contributed by atoms with Crippen LogP contribution in [0.3, 0.4) is 0 Å². The van der Waals surface area contributed by atoms with Crippen molar-refractivity contribution in [1.29, 1.82) is 0 Å². The number of hydrogen-bond acceptors (Lipinski definition) is 4. The first-order chi connectivity index (χ1) is 14.8. The maximum atomic E-state index is 12.5. The van der Waals surface area contributed by atoms with Gasteiger partial charge < -0.3 is 14.7 Å². The van der Waals surface area contributed by atoms with Gasteiger partial charge in [0.1, 0.15) is 0 Å². The summed E-state index contributed by atoms with van der Waals surface area (Å²) in [5, 5.41) is 12.6. The van der Waals surface area contributed by atoms with E-state index < -0.39 is 0 Å². The molecule has 2 heterocycles. The van der Waals surface area contributed by atoms with Crippen molar-refractivity contribution in [2.75, 3.05) is 0 Å². The van der Waals surface area contributed by atoms with Gasteiger partial charge in [0.15, 0.2) is 0 Å². The maximum absolute atomic E-state index is 12.5. The molecule has 1 atom stereocenters. The highest BCUT2D eigenvalue weighted by atomic mass is 16.4. The number of H-pyrrole nitrogens is 1. The topological polar surface area (TPSA) is 83.8 Å². The standard InChI is InChI=1S/C24H24N4O2/c29-22(26-21-11-5-7-16-6-1-2-8-18(16)21)12-13-23-27-28-24(30-23)14-17-15-25-20-10-4-3-9-19(17)20/h1-4,6,8-10,15,21,25H,5,7,11-14H2,(H,26,29)/t21-/m1/s1. The van der Waals surface area contributed by atoms with E-state index in [1.54, 1.807) is 0 Å². The van der Waals surface area contributed by atoms with Gasteiger partial charge in [-0.3, -0.25) is 4.79 Å². The number of hydrogen-bond donors (Lipinski definition) is 2. The third-order valence-electron chi connectivity index (χ3n) is 5.80. The van der Waals surface area contributed by atoms with Crippen LogP contribution in [0.2, 0.25) is 0 Å². The van der Waals surface area contributed by atoms with Crippen molar-refractivity contribution in [2.45, 2.75) is 44.6 Å². The minimum absolute atomic E-state index is 0.0214. The van der Waals surface area contributed by atoms with E-state index in [2.05, 4.69) is 44.8 Å². The van der Waals surface area contributed by atoms with E-state index in [1.165, 1.54) is 11.1 Å². The molecule has 0 bridgehead atoms. The molecule has 4 aromatic rings. The number of para-hydroxylation sites is 1. The van der Waals surface area contributed by atoms with E-state index in [0.29, 0.717) is 31.0 Å². The molecule has 1 amide bonds. The zero-order valence-electron chi connectivity index (χ0n) is 16.7. The minimum atomic E-state index is 0.0214. The van der Waals surface area contributed by atoms with E-state index in [-0.39, 0.29) is 11.9 Å². The average Bonchev–Trinajstić information content (AvgIpc) is 3.40. The Morgan fingerprint density at radius 1 is 1.10 bits per heavy atom. The van der Waals surface area contributed by atoms with Gasteiger partial charge in [-0.25, -0.2) is 0 Å². The van der Waals surface area contributed by atoms with Crippen LogP contribution in [0.5, 0.6) is 0 Å². The summed E-state index contributed by atoms with van der Waals surface area (Å²) >= 11 is 0. The molecule has 6 heteroatoms. The van der Waals surface area contributed by atoms with Gasteiger partial charge in [0, 0.05) is 29.9 Å². The lowest BCUT2D eigenvalue weighted by molar-refractivity contribution is -0.122. The molecule has 0 fully saturated rings. The molecule has 0 radical (unpaired) electrons. The minimum Gasteiger partial charge on any atom is -0.425 e. The summed E-state index contributed by atoms with van der Waals surface area (Å²) in [5.74, 6) is 1.09. The first-order valence-electron chi connectivity index (χ1n) is 10.5. The molecule has 2 aromatic carbocycles. The van der Waals surface area contributed by atoms with Gasteiger partial charge in [0.25, 0.3) is 0 Å². The number of carbonyl (C=O) groups is 1. The van der Waals surface area contributed by atoms with Crippen LogP contribution >= 0.6 is 0 Å². The maximum Gasteiger partial charge on any atom is 0.221 e. The first kappa shape index (κ1) is 18.6. The van der Waals surface area contributed by atoms with Crippen molar-refractivity contribution in [2.24, 2.45) is 0 Å². The number of aromatic nitrogens is 3. The monoisotopic (exact) mass is 400 g/mol. The lowest BCUT2D eigenvalue weighted by Crippen LogP contribution is -2.31. The van der Waals surface area contributed by atoms with Gasteiger partial charge in [-0.05, 0) is 42.0 Å². The number of rotatable bonds is 6. The third kappa shape index (κ3) is 3.85. The second kappa shape index (κ2) is 8.14. The molecule has 0 unspecified atom stereocenters. The van der Waals surface area contributed by atoms with E-state index in [1.807, 2.05) is 30.5 Å². The van der Waals surface area contributed by atoms with Gasteiger partial charge in [-0.15, -0.1) is 10.2 Å².